The maximum atomic E-state index is 12.4. The molecule has 1 saturated heterocycles. The molecule has 0 aliphatic carbocycles. The molecule has 0 bridgehead atoms. The molecule has 25 heavy (non-hydrogen) atoms. The number of nitrogens with one attached hydrogen (secondary N) is 1. The SMILES string of the molecule is Cc1ccc(NC(=O)CN2CCC(N(C)C(=O)C(C)(C)C)CC2)cc1. The minimum Gasteiger partial charge on any atom is -0.342 e. The van der Waals surface area contributed by atoms with Gasteiger partial charge in [-0.05, 0) is 31.9 Å². The van der Waals surface area contributed by atoms with Crippen molar-refractivity contribution in [3.8, 4) is 0 Å². The van der Waals surface area contributed by atoms with Gasteiger partial charge in [0, 0.05) is 37.3 Å². The summed E-state index contributed by atoms with van der Waals surface area (Å²) in [6, 6.07) is 8.09. The van der Waals surface area contributed by atoms with Gasteiger partial charge >= 0.3 is 0 Å². The highest BCUT2D eigenvalue weighted by Crippen LogP contribution is 2.22. The van der Waals surface area contributed by atoms with E-state index in [0.29, 0.717) is 6.54 Å². The van der Waals surface area contributed by atoms with Crippen LogP contribution in [0.15, 0.2) is 24.3 Å². The van der Waals surface area contributed by atoms with Gasteiger partial charge in [-0.25, -0.2) is 0 Å². The Balaban J connectivity index is 1.79. The van der Waals surface area contributed by atoms with Crippen molar-refractivity contribution in [3.05, 3.63) is 29.8 Å². The molecule has 1 aliphatic rings. The standard InChI is InChI=1S/C20H31N3O2/c1-15-6-8-16(9-7-15)21-18(24)14-23-12-10-17(11-13-23)22(5)19(25)20(2,3)4/h6-9,17H,10-14H2,1-5H3,(H,21,24). The smallest absolute Gasteiger partial charge is 0.238 e. The first-order chi connectivity index (χ1) is 11.7. The zero-order valence-electron chi connectivity index (χ0n) is 16.1. The van der Waals surface area contributed by atoms with Crippen LogP contribution in [0.2, 0.25) is 0 Å². The zero-order valence-corrected chi connectivity index (χ0v) is 16.1. The van der Waals surface area contributed by atoms with E-state index in [4.69, 9.17) is 0 Å². The number of rotatable bonds is 4. The first-order valence-electron chi connectivity index (χ1n) is 9.03. The Morgan fingerprint density at radius 2 is 1.72 bits per heavy atom. The summed E-state index contributed by atoms with van der Waals surface area (Å²) in [7, 11) is 1.90. The summed E-state index contributed by atoms with van der Waals surface area (Å²) < 4.78 is 0. The van der Waals surface area contributed by atoms with Crippen molar-refractivity contribution < 1.29 is 9.59 Å². The van der Waals surface area contributed by atoms with Gasteiger partial charge in [-0.15, -0.1) is 0 Å². The third kappa shape index (κ3) is 5.56. The van der Waals surface area contributed by atoms with Crippen molar-refractivity contribution in [1.29, 1.82) is 0 Å². The lowest BCUT2D eigenvalue weighted by Crippen LogP contribution is -2.49. The number of carbonyl (C=O) groups excluding carboxylic acids is 2. The summed E-state index contributed by atoms with van der Waals surface area (Å²) in [6.07, 6.45) is 1.83. The highest BCUT2D eigenvalue weighted by Gasteiger charge is 2.31. The lowest BCUT2D eigenvalue weighted by molar-refractivity contribution is -0.141. The molecule has 0 atom stereocenters. The van der Waals surface area contributed by atoms with E-state index in [1.165, 1.54) is 5.56 Å². The lowest BCUT2D eigenvalue weighted by Gasteiger charge is -2.38. The Labute approximate surface area is 151 Å². The van der Waals surface area contributed by atoms with Crippen LogP contribution in [0, 0.1) is 12.3 Å². The number of hydrogen-bond donors (Lipinski definition) is 1. The van der Waals surface area contributed by atoms with E-state index >= 15 is 0 Å². The first-order valence-corrected chi connectivity index (χ1v) is 9.03. The molecule has 0 saturated carbocycles. The normalized spacial score (nSPS) is 16.5. The summed E-state index contributed by atoms with van der Waals surface area (Å²) in [5.74, 6) is 0.199. The largest absolute Gasteiger partial charge is 0.342 e. The average molecular weight is 345 g/mol. The van der Waals surface area contributed by atoms with Gasteiger partial charge in [0.05, 0.1) is 6.54 Å². The molecule has 2 rings (SSSR count). The van der Waals surface area contributed by atoms with Crippen LogP contribution in [0.3, 0.4) is 0 Å². The van der Waals surface area contributed by atoms with Crippen LogP contribution in [0.5, 0.6) is 0 Å². The molecule has 5 nitrogen and oxygen atoms in total. The predicted molar refractivity (Wildman–Crippen MR) is 101 cm³/mol. The van der Waals surface area contributed by atoms with Crippen molar-refractivity contribution >= 4 is 17.5 Å². The number of benzene rings is 1. The van der Waals surface area contributed by atoms with Gasteiger partial charge in [0.2, 0.25) is 11.8 Å². The molecule has 2 amide bonds. The molecule has 1 aromatic rings. The van der Waals surface area contributed by atoms with Crippen LogP contribution in [-0.4, -0.2) is 54.3 Å². The Morgan fingerprint density at radius 3 is 2.24 bits per heavy atom. The quantitative estimate of drug-likeness (QED) is 0.913. The molecule has 1 N–H and O–H groups in total. The van der Waals surface area contributed by atoms with Gasteiger partial charge in [-0.1, -0.05) is 38.5 Å². The number of likely N-dealkylation sites (tertiary alicyclic amines) is 1. The number of amides is 2. The average Bonchev–Trinajstić information content (AvgIpc) is 2.55. The Bertz CT molecular complexity index is 596. The second-order valence-corrected chi connectivity index (χ2v) is 8.09. The first kappa shape index (κ1) is 19.4. The van der Waals surface area contributed by atoms with Gasteiger partial charge < -0.3 is 10.2 Å². The monoisotopic (exact) mass is 345 g/mol. The molecule has 1 heterocycles. The number of anilines is 1. The number of piperidine rings is 1. The van der Waals surface area contributed by atoms with Gasteiger partial charge in [-0.2, -0.15) is 0 Å². The van der Waals surface area contributed by atoms with Crippen molar-refractivity contribution in [2.24, 2.45) is 5.41 Å². The molecule has 1 aliphatic heterocycles. The molecule has 5 heteroatoms. The summed E-state index contributed by atoms with van der Waals surface area (Å²) in [5, 5.41) is 2.94. The van der Waals surface area contributed by atoms with Crippen LogP contribution in [0.4, 0.5) is 5.69 Å². The van der Waals surface area contributed by atoms with E-state index in [-0.39, 0.29) is 23.3 Å². The predicted octanol–water partition coefficient (Wildman–Crippen LogP) is 2.90. The zero-order chi connectivity index (χ0) is 18.6. The van der Waals surface area contributed by atoms with E-state index in [9.17, 15) is 9.59 Å². The number of aryl methyl sites for hydroxylation is 1. The van der Waals surface area contributed by atoms with Crippen LogP contribution >= 0.6 is 0 Å². The fourth-order valence-corrected chi connectivity index (χ4v) is 3.20. The molecular weight excluding hydrogens is 314 g/mol. The van der Waals surface area contributed by atoms with Crippen LogP contribution in [-0.2, 0) is 9.59 Å². The molecule has 1 fully saturated rings. The molecule has 0 aromatic heterocycles. The van der Waals surface area contributed by atoms with Gasteiger partial charge in [0.1, 0.15) is 0 Å². The molecule has 0 radical (unpaired) electrons. The van der Waals surface area contributed by atoms with E-state index in [0.717, 1.165) is 31.6 Å². The number of carbonyl (C=O) groups is 2. The Kier molecular flexibility index (Phi) is 6.22. The summed E-state index contributed by atoms with van der Waals surface area (Å²) in [5.41, 5.74) is 1.66. The van der Waals surface area contributed by atoms with E-state index in [2.05, 4.69) is 10.2 Å². The minimum atomic E-state index is -0.347. The van der Waals surface area contributed by atoms with E-state index < -0.39 is 0 Å². The minimum absolute atomic E-state index is 0.0152. The summed E-state index contributed by atoms with van der Waals surface area (Å²) >= 11 is 0. The summed E-state index contributed by atoms with van der Waals surface area (Å²) in [6.45, 7) is 9.97. The maximum absolute atomic E-state index is 12.4. The highest BCUT2D eigenvalue weighted by atomic mass is 16.2. The van der Waals surface area contributed by atoms with Crippen molar-refractivity contribution in [1.82, 2.24) is 9.80 Å². The van der Waals surface area contributed by atoms with Crippen molar-refractivity contribution in [3.63, 3.8) is 0 Å². The number of nitrogens with zero attached hydrogens (tertiary/aromatic N) is 2. The van der Waals surface area contributed by atoms with Gasteiger partial charge in [0.15, 0.2) is 0 Å². The molecular formula is C20H31N3O2. The van der Waals surface area contributed by atoms with Gasteiger partial charge in [0.25, 0.3) is 0 Å². The fraction of sp³-hybridized carbons (Fsp3) is 0.600. The molecule has 138 valence electrons. The van der Waals surface area contributed by atoms with Crippen molar-refractivity contribution in [2.45, 2.75) is 46.6 Å². The molecule has 1 aromatic carbocycles. The highest BCUT2D eigenvalue weighted by molar-refractivity contribution is 5.92. The van der Waals surface area contributed by atoms with Crippen LogP contribution in [0.1, 0.15) is 39.2 Å². The van der Waals surface area contributed by atoms with Crippen molar-refractivity contribution in [2.75, 3.05) is 32.0 Å². The second-order valence-electron chi connectivity index (χ2n) is 8.09. The topological polar surface area (TPSA) is 52.7 Å². The van der Waals surface area contributed by atoms with Crippen LogP contribution < -0.4 is 5.32 Å². The third-order valence-corrected chi connectivity index (χ3v) is 4.77. The Morgan fingerprint density at radius 1 is 1.16 bits per heavy atom. The Hall–Kier alpha value is -1.88. The van der Waals surface area contributed by atoms with E-state index in [1.54, 1.807) is 0 Å². The number of hydrogen-bond acceptors (Lipinski definition) is 3. The molecule has 0 unspecified atom stereocenters. The second kappa shape index (κ2) is 8.00. The van der Waals surface area contributed by atoms with E-state index in [1.807, 2.05) is 63.9 Å². The lowest BCUT2D eigenvalue weighted by atomic mass is 9.92. The maximum Gasteiger partial charge on any atom is 0.238 e. The molecule has 0 spiro atoms. The third-order valence-electron chi connectivity index (χ3n) is 4.77. The van der Waals surface area contributed by atoms with Crippen LogP contribution in [0.25, 0.3) is 0 Å². The summed E-state index contributed by atoms with van der Waals surface area (Å²) in [4.78, 5) is 28.7. The van der Waals surface area contributed by atoms with Gasteiger partial charge in [-0.3, -0.25) is 14.5 Å². The fourth-order valence-electron chi connectivity index (χ4n) is 3.20.